The van der Waals surface area contributed by atoms with Crippen LogP contribution in [0, 0.1) is 0 Å². The molecule has 1 heterocycles. The number of nitrogens with zero attached hydrogens (tertiary/aromatic N) is 3. The predicted octanol–water partition coefficient (Wildman–Crippen LogP) is 4.92. The monoisotopic (exact) mass is 484 g/mol. The summed E-state index contributed by atoms with van der Waals surface area (Å²) in [7, 11) is 1.51. The lowest BCUT2D eigenvalue weighted by Gasteiger charge is -2.38. The Morgan fingerprint density at radius 3 is 2.44 bits per heavy atom. The fourth-order valence-corrected chi connectivity index (χ4v) is 3.92. The van der Waals surface area contributed by atoms with E-state index in [9.17, 15) is 22.8 Å². The zero-order valence-corrected chi connectivity index (χ0v) is 20.7. The first-order chi connectivity index (χ1) is 15.7. The Morgan fingerprint density at radius 2 is 1.88 bits per heavy atom. The summed E-state index contributed by atoms with van der Waals surface area (Å²) in [6.45, 7) is 10.2. The minimum Gasteiger partial charge on any atom is -0.444 e. The summed E-state index contributed by atoms with van der Waals surface area (Å²) >= 11 is 0. The molecule has 10 heteroatoms. The summed E-state index contributed by atoms with van der Waals surface area (Å²) in [5.41, 5.74) is -1.63. The minimum atomic E-state index is -4.55. The van der Waals surface area contributed by atoms with Crippen LogP contribution in [0.2, 0.25) is 0 Å². The van der Waals surface area contributed by atoms with Crippen LogP contribution in [0.3, 0.4) is 0 Å². The second kappa shape index (κ2) is 11.1. The summed E-state index contributed by atoms with van der Waals surface area (Å²) in [6, 6.07) is 4.01. The van der Waals surface area contributed by atoms with Crippen molar-refractivity contribution in [1.29, 1.82) is 0 Å². The number of hydrogen-bond donors (Lipinski definition) is 1. The summed E-state index contributed by atoms with van der Waals surface area (Å²) in [5, 5.41) is 2.68. The van der Waals surface area contributed by atoms with Crippen LogP contribution < -0.4 is 5.32 Å². The molecule has 0 radical (unpaired) electrons. The summed E-state index contributed by atoms with van der Waals surface area (Å²) in [6.07, 6.45) is -2.50. The fraction of sp³-hybridized carbons (Fsp3) is 0.625. The molecular formula is C24H35F3N4O3. The highest BCUT2D eigenvalue weighted by atomic mass is 19.4. The number of carbonyl (C=O) groups is 2. The molecule has 1 saturated heterocycles. The molecule has 1 aromatic carbocycles. The molecule has 0 aliphatic carbocycles. The topological polar surface area (TPSA) is 74.2 Å². The molecule has 7 nitrogen and oxygen atoms in total. The van der Waals surface area contributed by atoms with Crippen molar-refractivity contribution in [3.05, 3.63) is 35.4 Å². The van der Waals surface area contributed by atoms with E-state index in [1.165, 1.54) is 19.2 Å². The molecular weight excluding hydrogens is 449 g/mol. The van der Waals surface area contributed by atoms with E-state index in [0.29, 0.717) is 13.1 Å². The van der Waals surface area contributed by atoms with Gasteiger partial charge in [-0.3, -0.25) is 15.1 Å². The maximum absolute atomic E-state index is 13.1. The van der Waals surface area contributed by atoms with Crippen LogP contribution >= 0.6 is 0 Å². The summed E-state index contributed by atoms with van der Waals surface area (Å²) in [5.74, 6) is -0.441. The van der Waals surface area contributed by atoms with Crippen molar-refractivity contribution in [2.45, 2.75) is 77.7 Å². The van der Waals surface area contributed by atoms with E-state index in [0.717, 1.165) is 31.4 Å². The van der Waals surface area contributed by atoms with E-state index < -0.39 is 29.3 Å². The number of benzene rings is 1. The van der Waals surface area contributed by atoms with Crippen LogP contribution in [-0.2, 0) is 10.9 Å². The van der Waals surface area contributed by atoms with Gasteiger partial charge in [-0.25, -0.2) is 4.79 Å². The molecule has 0 saturated carbocycles. The number of ether oxygens (including phenoxy) is 1. The van der Waals surface area contributed by atoms with Crippen LogP contribution in [0.25, 0.3) is 0 Å². The van der Waals surface area contributed by atoms with Gasteiger partial charge in [0.15, 0.2) is 0 Å². The predicted molar refractivity (Wildman–Crippen MR) is 125 cm³/mol. The van der Waals surface area contributed by atoms with Gasteiger partial charge in [-0.2, -0.15) is 13.2 Å². The average molecular weight is 485 g/mol. The molecule has 1 unspecified atom stereocenters. The number of nitrogens with one attached hydrogen (secondary N) is 1. The molecule has 190 valence electrons. The molecule has 1 aliphatic rings. The molecule has 2 rings (SSSR count). The first kappa shape index (κ1) is 27.5. The molecule has 1 aromatic rings. The van der Waals surface area contributed by atoms with Crippen molar-refractivity contribution in [2.75, 3.05) is 20.1 Å². The highest BCUT2D eigenvalue weighted by molar-refractivity contribution is 6.05. The van der Waals surface area contributed by atoms with E-state index in [2.05, 4.69) is 10.3 Å². The number of amides is 2. The maximum Gasteiger partial charge on any atom is 0.416 e. The number of halogens is 3. The van der Waals surface area contributed by atoms with Crippen molar-refractivity contribution in [3.8, 4) is 0 Å². The number of likely N-dealkylation sites (tertiary alicyclic amines) is 1. The van der Waals surface area contributed by atoms with Crippen LogP contribution in [0.15, 0.2) is 29.3 Å². The molecule has 34 heavy (non-hydrogen) atoms. The van der Waals surface area contributed by atoms with Gasteiger partial charge in [-0.15, -0.1) is 0 Å². The Labute approximate surface area is 199 Å². The third-order valence-electron chi connectivity index (χ3n) is 5.38. The van der Waals surface area contributed by atoms with Crippen molar-refractivity contribution in [3.63, 3.8) is 0 Å². The highest BCUT2D eigenvalue weighted by Gasteiger charge is 2.33. The molecule has 0 bridgehead atoms. The molecule has 0 aromatic heterocycles. The molecule has 2 amide bonds. The van der Waals surface area contributed by atoms with Gasteiger partial charge < -0.3 is 14.5 Å². The summed E-state index contributed by atoms with van der Waals surface area (Å²) < 4.78 is 44.8. The van der Waals surface area contributed by atoms with Crippen molar-refractivity contribution in [1.82, 2.24) is 15.1 Å². The van der Waals surface area contributed by atoms with Crippen molar-refractivity contribution < 1.29 is 27.5 Å². The number of rotatable bonds is 3. The number of hydrogen-bond acceptors (Lipinski definition) is 4. The third kappa shape index (κ3) is 7.63. The molecule has 1 N–H and O–H groups in total. The second-order valence-electron chi connectivity index (χ2n) is 9.66. The lowest BCUT2D eigenvalue weighted by Crippen LogP contribution is -2.55. The molecule has 1 fully saturated rings. The normalized spacial score (nSPS) is 17.9. The van der Waals surface area contributed by atoms with Gasteiger partial charge in [-0.05, 0) is 72.1 Å². The summed E-state index contributed by atoms with van der Waals surface area (Å²) in [4.78, 5) is 33.4. The van der Waals surface area contributed by atoms with Gasteiger partial charge in [0.25, 0.3) is 5.91 Å². The molecule has 1 atom stereocenters. The zero-order chi connectivity index (χ0) is 25.7. The van der Waals surface area contributed by atoms with Crippen LogP contribution in [0.4, 0.5) is 18.0 Å². The lowest BCUT2D eigenvalue weighted by molar-refractivity contribution is -0.137. The quantitative estimate of drug-likeness (QED) is 0.488. The number of alkyl halides is 3. The van der Waals surface area contributed by atoms with Gasteiger partial charge in [0.2, 0.25) is 5.96 Å². The number of aliphatic imine (C=N–C) groups is 1. The first-order valence-corrected chi connectivity index (χ1v) is 11.4. The standard InChI is InChI=1S/C24H35F3N4O3/c1-16(2)31(19-12-7-8-13-30(15-19)22(33)34-23(3,4)5)21(28-6)29-20(32)17-10-9-11-18(14-17)24(25,26)27/h9-11,14,16,19H,7-8,12-13,15H2,1-6H3,(H,28,29,32). The Morgan fingerprint density at radius 1 is 1.21 bits per heavy atom. The largest absolute Gasteiger partial charge is 0.444 e. The smallest absolute Gasteiger partial charge is 0.416 e. The van der Waals surface area contributed by atoms with Gasteiger partial charge in [-0.1, -0.05) is 6.07 Å². The van der Waals surface area contributed by atoms with Gasteiger partial charge in [0.1, 0.15) is 5.60 Å². The van der Waals surface area contributed by atoms with E-state index in [-0.39, 0.29) is 23.6 Å². The van der Waals surface area contributed by atoms with E-state index in [4.69, 9.17) is 4.74 Å². The SMILES string of the molecule is CN=C(NC(=O)c1cccc(C(F)(F)F)c1)N(C(C)C)C1CCCCN(C(=O)OC(C)(C)C)C1. The first-order valence-electron chi connectivity index (χ1n) is 11.4. The second-order valence-corrected chi connectivity index (χ2v) is 9.66. The highest BCUT2D eigenvalue weighted by Crippen LogP contribution is 2.29. The third-order valence-corrected chi connectivity index (χ3v) is 5.38. The van der Waals surface area contributed by atoms with E-state index in [1.54, 1.807) is 4.90 Å². The maximum atomic E-state index is 13.1. The van der Waals surface area contributed by atoms with Crippen molar-refractivity contribution in [2.24, 2.45) is 4.99 Å². The van der Waals surface area contributed by atoms with Crippen LogP contribution in [-0.4, -0.2) is 65.6 Å². The number of guanidine groups is 1. The lowest BCUT2D eigenvalue weighted by atomic mass is 10.1. The van der Waals surface area contributed by atoms with Gasteiger partial charge in [0, 0.05) is 37.8 Å². The van der Waals surface area contributed by atoms with Crippen molar-refractivity contribution >= 4 is 18.0 Å². The minimum absolute atomic E-state index is 0.0934. The Kier molecular flexibility index (Phi) is 8.96. The average Bonchev–Trinajstić information content (AvgIpc) is 2.97. The Balaban J connectivity index is 2.24. The Hall–Kier alpha value is -2.78. The molecule has 0 spiro atoms. The van der Waals surface area contributed by atoms with E-state index >= 15 is 0 Å². The molecule has 1 aliphatic heterocycles. The van der Waals surface area contributed by atoms with E-state index in [1.807, 2.05) is 39.5 Å². The number of carbonyl (C=O) groups excluding carboxylic acids is 2. The Bertz CT molecular complexity index is 894. The van der Waals surface area contributed by atoms with Crippen LogP contribution in [0.5, 0.6) is 0 Å². The zero-order valence-electron chi connectivity index (χ0n) is 20.7. The van der Waals surface area contributed by atoms with Gasteiger partial charge in [0.05, 0.1) is 5.56 Å². The van der Waals surface area contributed by atoms with Gasteiger partial charge >= 0.3 is 12.3 Å². The van der Waals surface area contributed by atoms with Crippen LogP contribution in [0.1, 0.15) is 69.8 Å². The fourth-order valence-electron chi connectivity index (χ4n) is 3.92.